The van der Waals surface area contributed by atoms with Gasteiger partial charge in [0.1, 0.15) is 0 Å². The molecule has 0 aliphatic carbocycles. The van der Waals surface area contributed by atoms with Crippen LogP contribution >= 0.6 is 11.6 Å². The van der Waals surface area contributed by atoms with E-state index in [9.17, 15) is 4.79 Å². The third kappa shape index (κ3) is 2.15. The van der Waals surface area contributed by atoms with E-state index in [0.717, 1.165) is 12.1 Å². The number of halogens is 1. The summed E-state index contributed by atoms with van der Waals surface area (Å²) in [6.07, 6.45) is 1.47. The van der Waals surface area contributed by atoms with Crippen molar-refractivity contribution in [1.82, 2.24) is 0 Å². The summed E-state index contributed by atoms with van der Waals surface area (Å²) in [4.78, 5) is 11.3. The lowest BCUT2D eigenvalue weighted by atomic mass is 9.90. The molecule has 1 aliphatic rings. The molecule has 1 aliphatic heterocycles. The second-order valence-electron chi connectivity index (χ2n) is 4.01. The number of carbonyl (C=O) groups is 1. The zero-order valence-electron chi connectivity index (χ0n) is 8.72. The third-order valence-electron chi connectivity index (χ3n) is 2.80. The van der Waals surface area contributed by atoms with Crippen LogP contribution in [0.5, 0.6) is 0 Å². The van der Waals surface area contributed by atoms with Crippen LogP contribution in [0.3, 0.4) is 0 Å². The number of carbonyl (C=O) groups excluding carboxylic acids is 1. The highest BCUT2D eigenvalue weighted by Gasteiger charge is 2.21. The minimum atomic E-state index is 0.111. The lowest BCUT2D eigenvalue weighted by Crippen LogP contribution is -2.21. The van der Waals surface area contributed by atoms with Crippen LogP contribution in [-0.4, -0.2) is 11.8 Å². The number of rotatable bonds is 2. The maximum absolute atomic E-state index is 11.3. The Hall–Kier alpha value is -1.02. The molecule has 0 radical (unpaired) electrons. The number of hydrogen-bond donors (Lipinski definition) is 1. The van der Waals surface area contributed by atoms with Gasteiger partial charge >= 0.3 is 0 Å². The maximum atomic E-state index is 11.3. The molecule has 1 amide bonds. The molecule has 1 aromatic rings. The van der Waals surface area contributed by atoms with Crippen molar-refractivity contribution < 1.29 is 4.79 Å². The van der Waals surface area contributed by atoms with E-state index in [1.54, 1.807) is 0 Å². The van der Waals surface area contributed by atoms with Gasteiger partial charge in [0.15, 0.2) is 0 Å². The first-order valence-corrected chi connectivity index (χ1v) is 5.73. The molecule has 1 aromatic carbocycles. The molecule has 1 atom stereocenters. The van der Waals surface area contributed by atoms with Gasteiger partial charge in [0.2, 0.25) is 5.91 Å². The standard InChI is InChI=1S/C12H14ClNO/c1-8-6-12(15)14-11-3-2-9(4-5-13)7-10(8)11/h2-3,7-8H,4-6H2,1H3,(H,14,15)/t8-/m1/s1. The van der Waals surface area contributed by atoms with Crippen LogP contribution in [0.15, 0.2) is 18.2 Å². The van der Waals surface area contributed by atoms with Gasteiger partial charge in [0, 0.05) is 18.0 Å². The fraction of sp³-hybridized carbons (Fsp3) is 0.417. The first-order valence-electron chi connectivity index (χ1n) is 5.19. The van der Waals surface area contributed by atoms with Crippen LogP contribution in [-0.2, 0) is 11.2 Å². The molecule has 0 saturated heterocycles. The Balaban J connectivity index is 2.34. The number of nitrogens with one attached hydrogen (secondary N) is 1. The second-order valence-corrected chi connectivity index (χ2v) is 4.39. The van der Waals surface area contributed by atoms with Crippen molar-refractivity contribution in [1.29, 1.82) is 0 Å². The third-order valence-corrected chi connectivity index (χ3v) is 2.98. The topological polar surface area (TPSA) is 29.1 Å². The smallest absolute Gasteiger partial charge is 0.224 e. The first kappa shape index (κ1) is 10.5. The van der Waals surface area contributed by atoms with Crippen molar-refractivity contribution >= 4 is 23.2 Å². The van der Waals surface area contributed by atoms with Crippen molar-refractivity contribution in [2.75, 3.05) is 11.2 Å². The van der Waals surface area contributed by atoms with Gasteiger partial charge in [0.25, 0.3) is 0 Å². The Bertz CT molecular complexity index is 389. The molecule has 1 heterocycles. The van der Waals surface area contributed by atoms with E-state index in [-0.39, 0.29) is 5.91 Å². The summed E-state index contributed by atoms with van der Waals surface area (Å²) in [6.45, 7) is 2.09. The number of fused-ring (bicyclic) bond motifs is 1. The van der Waals surface area contributed by atoms with Gasteiger partial charge in [-0.1, -0.05) is 19.1 Å². The Morgan fingerprint density at radius 2 is 2.33 bits per heavy atom. The van der Waals surface area contributed by atoms with E-state index < -0.39 is 0 Å². The number of benzene rings is 1. The van der Waals surface area contributed by atoms with Crippen LogP contribution in [0.2, 0.25) is 0 Å². The van der Waals surface area contributed by atoms with Crippen molar-refractivity contribution in [3.8, 4) is 0 Å². The molecule has 0 bridgehead atoms. The second kappa shape index (κ2) is 4.23. The molecule has 2 nitrogen and oxygen atoms in total. The molecule has 3 heteroatoms. The molecule has 80 valence electrons. The molecular formula is C12H14ClNO. The SMILES string of the molecule is C[C@@H]1CC(=O)Nc2ccc(CCCl)cc21. The number of alkyl halides is 1. The Labute approximate surface area is 94.6 Å². The fourth-order valence-corrected chi connectivity index (χ4v) is 2.21. The monoisotopic (exact) mass is 223 g/mol. The van der Waals surface area contributed by atoms with E-state index in [1.165, 1.54) is 11.1 Å². The lowest BCUT2D eigenvalue weighted by molar-refractivity contribution is -0.116. The predicted octanol–water partition coefficient (Wildman–Crippen LogP) is 2.91. The quantitative estimate of drug-likeness (QED) is 0.768. The molecule has 0 aromatic heterocycles. The van der Waals surface area contributed by atoms with E-state index in [0.29, 0.717) is 18.2 Å². The Kier molecular flexibility index (Phi) is 2.96. The van der Waals surface area contributed by atoms with E-state index in [4.69, 9.17) is 11.6 Å². The van der Waals surface area contributed by atoms with Gasteiger partial charge in [-0.3, -0.25) is 4.79 Å². The van der Waals surface area contributed by atoms with Gasteiger partial charge in [-0.05, 0) is 29.5 Å². The van der Waals surface area contributed by atoms with Crippen LogP contribution < -0.4 is 5.32 Å². The zero-order valence-corrected chi connectivity index (χ0v) is 9.47. The van der Waals surface area contributed by atoms with Gasteiger partial charge in [-0.15, -0.1) is 11.6 Å². The number of aryl methyl sites for hydroxylation is 1. The highest BCUT2D eigenvalue weighted by atomic mass is 35.5. The number of hydrogen-bond acceptors (Lipinski definition) is 1. The summed E-state index contributed by atoms with van der Waals surface area (Å²) in [6, 6.07) is 6.16. The summed E-state index contributed by atoms with van der Waals surface area (Å²) >= 11 is 5.71. The maximum Gasteiger partial charge on any atom is 0.224 e. The van der Waals surface area contributed by atoms with E-state index in [1.807, 2.05) is 12.1 Å². The highest BCUT2D eigenvalue weighted by Crippen LogP contribution is 2.32. The average molecular weight is 224 g/mol. The van der Waals surface area contributed by atoms with E-state index in [2.05, 4.69) is 18.3 Å². The molecule has 0 unspecified atom stereocenters. The summed E-state index contributed by atoms with van der Waals surface area (Å²) in [5, 5.41) is 2.89. The zero-order chi connectivity index (χ0) is 10.8. The number of amides is 1. The van der Waals surface area contributed by atoms with Crippen molar-refractivity contribution in [2.24, 2.45) is 0 Å². The summed E-state index contributed by atoms with van der Waals surface area (Å²) in [5.41, 5.74) is 3.43. The molecule has 2 rings (SSSR count). The fourth-order valence-electron chi connectivity index (χ4n) is 1.99. The van der Waals surface area contributed by atoms with Crippen LogP contribution in [0, 0.1) is 0 Å². The van der Waals surface area contributed by atoms with Crippen LogP contribution in [0.4, 0.5) is 5.69 Å². The van der Waals surface area contributed by atoms with Crippen molar-refractivity contribution in [3.05, 3.63) is 29.3 Å². The molecular weight excluding hydrogens is 210 g/mol. The van der Waals surface area contributed by atoms with Crippen LogP contribution in [0.25, 0.3) is 0 Å². The largest absolute Gasteiger partial charge is 0.326 e. The first-order chi connectivity index (χ1) is 7.20. The summed E-state index contributed by atoms with van der Waals surface area (Å²) in [5.74, 6) is 1.06. The normalized spacial score (nSPS) is 19.6. The molecule has 1 N–H and O–H groups in total. The van der Waals surface area contributed by atoms with Crippen LogP contribution in [0.1, 0.15) is 30.4 Å². The summed E-state index contributed by atoms with van der Waals surface area (Å²) < 4.78 is 0. The van der Waals surface area contributed by atoms with Crippen molar-refractivity contribution in [3.63, 3.8) is 0 Å². The summed E-state index contributed by atoms with van der Waals surface area (Å²) in [7, 11) is 0. The minimum absolute atomic E-state index is 0.111. The Morgan fingerprint density at radius 1 is 1.53 bits per heavy atom. The minimum Gasteiger partial charge on any atom is -0.326 e. The van der Waals surface area contributed by atoms with Crippen molar-refractivity contribution in [2.45, 2.75) is 25.7 Å². The lowest BCUT2D eigenvalue weighted by Gasteiger charge is -2.23. The van der Waals surface area contributed by atoms with Gasteiger partial charge < -0.3 is 5.32 Å². The molecule has 0 fully saturated rings. The van der Waals surface area contributed by atoms with Gasteiger partial charge in [-0.2, -0.15) is 0 Å². The van der Waals surface area contributed by atoms with Gasteiger partial charge in [-0.25, -0.2) is 0 Å². The molecule has 0 spiro atoms. The number of anilines is 1. The molecule has 0 saturated carbocycles. The van der Waals surface area contributed by atoms with E-state index >= 15 is 0 Å². The highest BCUT2D eigenvalue weighted by molar-refractivity contribution is 6.18. The predicted molar refractivity (Wildman–Crippen MR) is 62.5 cm³/mol. The average Bonchev–Trinajstić information content (AvgIpc) is 2.19. The van der Waals surface area contributed by atoms with Gasteiger partial charge in [0.05, 0.1) is 0 Å². The molecule has 15 heavy (non-hydrogen) atoms. The Morgan fingerprint density at radius 3 is 3.07 bits per heavy atom.